The number of ketones is 1. The number of anilines is 1. The Bertz CT molecular complexity index is 764. The van der Waals surface area contributed by atoms with E-state index in [0.29, 0.717) is 18.9 Å². The van der Waals surface area contributed by atoms with Crippen molar-refractivity contribution in [3.05, 3.63) is 36.5 Å². The summed E-state index contributed by atoms with van der Waals surface area (Å²) in [5.41, 5.74) is 0. The van der Waals surface area contributed by atoms with Gasteiger partial charge in [0.05, 0.1) is 0 Å². The largest absolute Gasteiger partial charge is 0.442 e. The molecule has 138 valence electrons. The Hall–Kier alpha value is -2.63. The number of aromatic nitrogens is 1. The van der Waals surface area contributed by atoms with E-state index < -0.39 is 6.09 Å². The minimum absolute atomic E-state index is 0.0731. The summed E-state index contributed by atoms with van der Waals surface area (Å²) in [6.45, 7) is 4.01. The number of carbonyl (C=O) groups excluding carboxylic acids is 2. The number of piperidine rings is 1. The lowest BCUT2D eigenvalue weighted by Crippen LogP contribution is -2.39. The molecule has 3 rings (SSSR count). The monoisotopic (exact) mass is 355 g/mol. The van der Waals surface area contributed by atoms with Crippen LogP contribution in [-0.4, -0.2) is 43.1 Å². The quantitative estimate of drug-likeness (QED) is 0.862. The van der Waals surface area contributed by atoms with Crippen LogP contribution < -0.4 is 10.2 Å². The number of nitrogens with zero attached hydrogens (tertiary/aromatic N) is 2. The second-order valence-corrected chi connectivity index (χ2v) is 6.64. The van der Waals surface area contributed by atoms with Gasteiger partial charge < -0.3 is 15.0 Å². The maximum absolute atomic E-state index is 11.6. The summed E-state index contributed by atoms with van der Waals surface area (Å²) in [5.74, 6) is 1.37. The predicted molar refractivity (Wildman–Crippen MR) is 101 cm³/mol. The predicted octanol–water partition coefficient (Wildman–Crippen LogP) is 3.16. The molecular formula is C20H25N3O3. The number of rotatable bonds is 6. The lowest BCUT2D eigenvalue weighted by atomic mass is 9.96. The smallest absolute Gasteiger partial charge is 0.407 e. The third-order valence-electron chi connectivity index (χ3n) is 4.86. The minimum Gasteiger partial charge on any atom is -0.442 e. The van der Waals surface area contributed by atoms with Crippen LogP contribution >= 0.6 is 0 Å². The molecule has 0 saturated carbocycles. The van der Waals surface area contributed by atoms with E-state index >= 15 is 0 Å². The highest BCUT2D eigenvalue weighted by molar-refractivity contribution is 5.92. The van der Waals surface area contributed by atoms with Crippen molar-refractivity contribution in [1.82, 2.24) is 10.3 Å². The molecule has 6 nitrogen and oxygen atoms in total. The molecule has 2 heterocycles. The Kier molecular flexibility index (Phi) is 6.04. The van der Waals surface area contributed by atoms with E-state index in [1.807, 2.05) is 24.4 Å². The van der Waals surface area contributed by atoms with Gasteiger partial charge in [-0.05, 0) is 30.2 Å². The standard InChI is InChI=1S/C20H25N3O3/c1-2-17(24)14-26-20(25)22-13-15-8-11-23(12-9-15)19-18-6-4-3-5-16(18)7-10-21-19/h3-7,10,15H,2,8-9,11-14H2,1H3,(H,22,25). The van der Waals surface area contributed by atoms with Gasteiger partial charge in [0.1, 0.15) is 5.82 Å². The fourth-order valence-electron chi connectivity index (χ4n) is 3.23. The molecule has 1 aliphatic heterocycles. The van der Waals surface area contributed by atoms with Gasteiger partial charge in [0.15, 0.2) is 12.4 Å². The third kappa shape index (κ3) is 4.50. The number of amides is 1. The summed E-state index contributed by atoms with van der Waals surface area (Å²) in [5, 5.41) is 5.14. The minimum atomic E-state index is -0.509. The van der Waals surface area contributed by atoms with Gasteiger partial charge in [0.25, 0.3) is 0 Å². The molecule has 26 heavy (non-hydrogen) atoms. The van der Waals surface area contributed by atoms with E-state index in [9.17, 15) is 9.59 Å². The van der Waals surface area contributed by atoms with E-state index in [2.05, 4.69) is 27.3 Å². The van der Waals surface area contributed by atoms with Crippen molar-refractivity contribution < 1.29 is 14.3 Å². The fourth-order valence-corrected chi connectivity index (χ4v) is 3.23. The third-order valence-corrected chi connectivity index (χ3v) is 4.86. The van der Waals surface area contributed by atoms with Crippen LogP contribution in [0.2, 0.25) is 0 Å². The summed E-state index contributed by atoms with van der Waals surface area (Å²) in [4.78, 5) is 29.7. The number of benzene rings is 1. The summed E-state index contributed by atoms with van der Waals surface area (Å²) >= 11 is 0. The zero-order valence-electron chi connectivity index (χ0n) is 15.1. The SMILES string of the molecule is CCC(=O)COC(=O)NCC1CCN(c2nccc3ccccc23)CC1. The molecular weight excluding hydrogens is 330 g/mol. The number of nitrogens with one attached hydrogen (secondary N) is 1. The number of pyridine rings is 1. The van der Waals surface area contributed by atoms with Crippen LogP contribution in [0.1, 0.15) is 26.2 Å². The van der Waals surface area contributed by atoms with Crippen LogP contribution in [0.25, 0.3) is 10.8 Å². The number of carbonyl (C=O) groups is 2. The van der Waals surface area contributed by atoms with Crippen LogP contribution in [0, 0.1) is 5.92 Å². The van der Waals surface area contributed by atoms with Gasteiger partial charge in [-0.25, -0.2) is 9.78 Å². The number of fused-ring (bicyclic) bond motifs is 1. The van der Waals surface area contributed by atoms with Gasteiger partial charge in [-0.2, -0.15) is 0 Å². The Morgan fingerprint density at radius 2 is 2.00 bits per heavy atom. The van der Waals surface area contributed by atoms with E-state index in [4.69, 9.17) is 4.74 Å². The molecule has 6 heteroatoms. The molecule has 1 aromatic carbocycles. The normalized spacial score (nSPS) is 15.0. The first-order valence-corrected chi connectivity index (χ1v) is 9.18. The number of ether oxygens (including phenoxy) is 1. The van der Waals surface area contributed by atoms with Crippen LogP contribution in [0.15, 0.2) is 36.5 Å². The van der Waals surface area contributed by atoms with E-state index in [1.165, 1.54) is 10.8 Å². The lowest BCUT2D eigenvalue weighted by Gasteiger charge is -2.33. The molecule has 1 saturated heterocycles. The van der Waals surface area contributed by atoms with E-state index in [-0.39, 0.29) is 12.4 Å². The van der Waals surface area contributed by atoms with Gasteiger partial charge >= 0.3 is 6.09 Å². The molecule has 1 aromatic heterocycles. The molecule has 1 aliphatic rings. The lowest BCUT2D eigenvalue weighted by molar-refractivity contribution is -0.121. The highest BCUT2D eigenvalue weighted by atomic mass is 16.5. The highest BCUT2D eigenvalue weighted by Gasteiger charge is 2.22. The van der Waals surface area contributed by atoms with Gasteiger partial charge in [0, 0.05) is 37.6 Å². The van der Waals surface area contributed by atoms with Crippen molar-refractivity contribution in [2.75, 3.05) is 31.1 Å². The molecule has 0 bridgehead atoms. The Labute approximate surface area is 153 Å². The summed E-state index contributed by atoms with van der Waals surface area (Å²) in [7, 11) is 0. The number of alkyl carbamates (subject to hydrolysis) is 1. The van der Waals surface area contributed by atoms with Crippen molar-refractivity contribution in [3.63, 3.8) is 0 Å². The number of Topliss-reactive ketones (excluding diaryl/α,β-unsaturated/α-hetero) is 1. The van der Waals surface area contributed by atoms with Crippen molar-refractivity contribution in [3.8, 4) is 0 Å². The Morgan fingerprint density at radius 3 is 2.77 bits per heavy atom. The van der Waals surface area contributed by atoms with Crippen LogP contribution in [0.5, 0.6) is 0 Å². The van der Waals surface area contributed by atoms with E-state index in [1.54, 1.807) is 6.92 Å². The van der Waals surface area contributed by atoms with E-state index in [0.717, 1.165) is 31.7 Å². The number of hydrogen-bond acceptors (Lipinski definition) is 5. The average Bonchev–Trinajstić information content (AvgIpc) is 2.70. The van der Waals surface area contributed by atoms with Crippen LogP contribution in [0.3, 0.4) is 0 Å². The van der Waals surface area contributed by atoms with Crippen molar-refractivity contribution in [1.29, 1.82) is 0 Å². The zero-order valence-corrected chi connectivity index (χ0v) is 15.1. The van der Waals surface area contributed by atoms with Crippen molar-refractivity contribution in [2.24, 2.45) is 5.92 Å². The zero-order chi connectivity index (χ0) is 18.4. The molecule has 0 spiro atoms. The first kappa shape index (κ1) is 18.2. The molecule has 0 aliphatic carbocycles. The van der Waals surface area contributed by atoms with Crippen molar-refractivity contribution in [2.45, 2.75) is 26.2 Å². The summed E-state index contributed by atoms with van der Waals surface area (Å²) in [6.07, 6.45) is 3.70. The molecule has 0 atom stereocenters. The van der Waals surface area contributed by atoms with Gasteiger partial charge in [-0.3, -0.25) is 4.79 Å². The molecule has 1 fully saturated rings. The molecule has 0 radical (unpaired) electrons. The summed E-state index contributed by atoms with van der Waals surface area (Å²) < 4.78 is 4.90. The topological polar surface area (TPSA) is 71.5 Å². The second-order valence-electron chi connectivity index (χ2n) is 6.64. The molecule has 1 N–H and O–H groups in total. The Balaban J connectivity index is 1.48. The maximum Gasteiger partial charge on any atom is 0.407 e. The first-order chi connectivity index (χ1) is 12.7. The van der Waals surface area contributed by atoms with Crippen molar-refractivity contribution >= 4 is 28.5 Å². The second kappa shape index (κ2) is 8.65. The van der Waals surface area contributed by atoms with Gasteiger partial charge in [-0.15, -0.1) is 0 Å². The van der Waals surface area contributed by atoms with Crippen LogP contribution in [-0.2, 0) is 9.53 Å². The first-order valence-electron chi connectivity index (χ1n) is 9.18. The van der Waals surface area contributed by atoms with Gasteiger partial charge in [-0.1, -0.05) is 31.2 Å². The average molecular weight is 355 g/mol. The fraction of sp³-hybridized carbons (Fsp3) is 0.450. The molecule has 1 amide bonds. The number of hydrogen-bond donors (Lipinski definition) is 1. The van der Waals surface area contributed by atoms with Crippen LogP contribution in [0.4, 0.5) is 10.6 Å². The molecule has 0 unspecified atom stereocenters. The highest BCUT2D eigenvalue weighted by Crippen LogP contribution is 2.27. The van der Waals surface area contributed by atoms with Gasteiger partial charge in [0.2, 0.25) is 0 Å². The molecule has 2 aromatic rings. The Morgan fingerprint density at radius 1 is 1.23 bits per heavy atom. The maximum atomic E-state index is 11.6. The summed E-state index contributed by atoms with van der Waals surface area (Å²) in [6, 6.07) is 10.3.